The zero-order chi connectivity index (χ0) is 21.6. The van der Waals surface area contributed by atoms with Gasteiger partial charge in [0.25, 0.3) is 0 Å². The minimum atomic E-state index is -0.774. The van der Waals surface area contributed by atoms with Gasteiger partial charge in [-0.15, -0.1) is 0 Å². The number of aliphatic hydroxyl groups is 1. The molecule has 5 rings (SSSR count). The molecule has 7 nitrogen and oxygen atoms in total. The van der Waals surface area contributed by atoms with Crippen LogP contribution in [0.15, 0.2) is 30.7 Å². The normalized spacial score (nSPS) is 29.9. The number of fused-ring (bicyclic) bond motifs is 3. The van der Waals surface area contributed by atoms with Crippen LogP contribution >= 0.6 is 0 Å². The summed E-state index contributed by atoms with van der Waals surface area (Å²) >= 11 is 0. The average Bonchev–Trinajstić information content (AvgIpc) is 3.27. The molecule has 0 radical (unpaired) electrons. The number of aromatic nitrogens is 2. The van der Waals surface area contributed by atoms with Gasteiger partial charge in [-0.25, -0.2) is 0 Å². The number of hydrogen-bond donors (Lipinski definition) is 1. The highest BCUT2D eigenvalue weighted by molar-refractivity contribution is 5.80. The van der Waals surface area contributed by atoms with Gasteiger partial charge in [0.1, 0.15) is 0 Å². The summed E-state index contributed by atoms with van der Waals surface area (Å²) in [7, 11) is 4.27. The van der Waals surface area contributed by atoms with Crippen molar-refractivity contribution in [2.45, 2.75) is 68.8 Å². The standard InChI is InChI=1S/C24H35N5O2/c1-26-10-7-19(8-11-26)27(2)16-23(30)29-20-3-4-21(29)14-24(31,13-20)17-28-12-6-18-5-9-25-15-22(18)28/h5-6,9,12,15,19-21,31H,3-4,7-8,10-11,13-14,16-17H2,1-2H3. The minimum Gasteiger partial charge on any atom is -0.388 e. The lowest BCUT2D eigenvalue weighted by Gasteiger charge is -2.45. The molecule has 0 saturated carbocycles. The molecule has 0 spiro atoms. The summed E-state index contributed by atoms with van der Waals surface area (Å²) < 4.78 is 2.12. The Hall–Kier alpha value is -1.96. The van der Waals surface area contributed by atoms with Gasteiger partial charge in [0.15, 0.2) is 0 Å². The van der Waals surface area contributed by atoms with Crippen LogP contribution < -0.4 is 0 Å². The third-order valence-electron chi connectivity index (χ3n) is 7.88. The van der Waals surface area contributed by atoms with Crippen LogP contribution in [0.3, 0.4) is 0 Å². The van der Waals surface area contributed by atoms with Crippen molar-refractivity contribution < 1.29 is 9.90 Å². The molecule has 2 bridgehead atoms. The fraction of sp³-hybridized carbons (Fsp3) is 0.667. The fourth-order valence-electron chi connectivity index (χ4n) is 6.20. The van der Waals surface area contributed by atoms with Crippen molar-refractivity contribution in [1.82, 2.24) is 24.3 Å². The summed E-state index contributed by atoms with van der Waals surface area (Å²) in [5, 5.41) is 12.6. The largest absolute Gasteiger partial charge is 0.388 e. The molecule has 2 unspecified atom stereocenters. The van der Waals surface area contributed by atoms with Gasteiger partial charge in [-0.3, -0.25) is 14.7 Å². The van der Waals surface area contributed by atoms with Crippen molar-refractivity contribution in [2.24, 2.45) is 0 Å². The zero-order valence-corrected chi connectivity index (χ0v) is 18.8. The second-order valence-corrected chi connectivity index (χ2v) is 10.1. The molecule has 3 aliphatic heterocycles. The quantitative estimate of drug-likeness (QED) is 0.793. The summed E-state index contributed by atoms with van der Waals surface area (Å²) in [5.74, 6) is 0.242. The fourth-order valence-corrected chi connectivity index (χ4v) is 6.20. The van der Waals surface area contributed by atoms with Crippen LogP contribution in [0.2, 0.25) is 0 Å². The minimum absolute atomic E-state index is 0.155. The van der Waals surface area contributed by atoms with E-state index in [1.54, 1.807) is 6.20 Å². The average molecular weight is 426 g/mol. The Kier molecular flexibility index (Phi) is 5.52. The number of amides is 1. The Morgan fingerprint density at radius 3 is 2.61 bits per heavy atom. The molecule has 3 fully saturated rings. The molecular weight excluding hydrogens is 390 g/mol. The van der Waals surface area contributed by atoms with Crippen molar-refractivity contribution >= 4 is 16.8 Å². The molecule has 2 atom stereocenters. The van der Waals surface area contributed by atoms with Gasteiger partial charge in [0.05, 0.1) is 30.4 Å². The van der Waals surface area contributed by atoms with Crippen LogP contribution in [-0.4, -0.2) is 92.7 Å². The van der Waals surface area contributed by atoms with Gasteiger partial charge in [0.2, 0.25) is 5.91 Å². The van der Waals surface area contributed by atoms with Crippen LogP contribution in [0.1, 0.15) is 38.5 Å². The smallest absolute Gasteiger partial charge is 0.237 e. The number of rotatable bonds is 5. The number of likely N-dealkylation sites (tertiary alicyclic amines) is 1. The Bertz CT molecular complexity index is 921. The van der Waals surface area contributed by atoms with Gasteiger partial charge in [-0.1, -0.05) is 0 Å². The SMILES string of the molecule is CN1CCC(N(C)CC(=O)N2C3CCC2CC(O)(Cn2ccc4ccncc42)C3)CC1. The van der Waals surface area contributed by atoms with Crippen molar-refractivity contribution in [3.8, 4) is 0 Å². The summed E-state index contributed by atoms with van der Waals surface area (Å²) in [6, 6.07) is 4.88. The number of nitrogens with zero attached hydrogens (tertiary/aromatic N) is 5. The first-order valence-corrected chi connectivity index (χ1v) is 11.7. The summed E-state index contributed by atoms with van der Waals surface area (Å²) in [4.78, 5) is 24.2. The van der Waals surface area contributed by atoms with E-state index in [1.165, 1.54) is 0 Å². The number of piperidine rings is 2. The molecular formula is C24H35N5O2. The van der Waals surface area contributed by atoms with Crippen molar-refractivity contribution in [3.63, 3.8) is 0 Å². The lowest BCUT2D eigenvalue weighted by Crippen LogP contribution is -2.56. The molecule has 31 heavy (non-hydrogen) atoms. The Balaban J connectivity index is 1.23. The van der Waals surface area contributed by atoms with Gasteiger partial charge >= 0.3 is 0 Å². The molecule has 0 aromatic carbocycles. The monoisotopic (exact) mass is 425 g/mol. The molecule has 5 heterocycles. The van der Waals surface area contributed by atoms with Crippen LogP contribution in [0.5, 0.6) is 0 Å². The van der Waals surface area contributed by atoms with Gasteiger partial charge in [0, 0.05) is 35.9 Å². The predicted octanol–water partition coefficient (Wildman–Crippen LogP) is 1.95. The predicted molar refractivity (Wildman–Crippen MR) is 121 cm³/mol. The Morgan fingerprint density at radius 1 is 1.19 bits per heavy atom. The van der Waals surface area contributed by atoms with Crippen molar-refractivity contribution in [1.29, 1.82) is 0 Å². The van der Waals surface area contributed by atoms with Crippen molar-refractivity contribution in [3.05, 3.63) is 30.7 Å². The number of carbonyl (C=O) groups excluding carboxylic acids is 1. The first kappa shape index (κ1) is 20.9. The zero-order valence-electron chi connectivity index (χ0n) is 18.8. The third-order valence-corrected chi connectivity index (χ3v) is 7.88. The van der Waals surface area contributed by atoms with E-state index in [1.807, 2.05) is 18.5 Å². The molecule has 3 saturated heterocycles. The molecule has 0 aliphatic carbocycles. The lowest BCUT2D eigenvalue weighted by atomic mass is 9.85. The highest BCUT2D eigenvalue weighted by Gasteiger charge is 2.49. The van der Waals surface area contributed by atoms with Crippen LogP contribution in [0.4, 0.5) is 0 Å². The van der Waals surface area contributed by atoms with E-state index in [0.717, 1.165) is 49.7 Å². The molecule has 168 valence electrons. The summed E-state index contributed by atoms with van der Waals surface area (Å²) in [6.07, 6.45) is 11.3. The second-order valence-electron chi connectivity index (χ2n) is 10.1. The molecule has 7 heteroatoms. The molecule has 1 amide bonds. The third kappa shape index (κ3) is 4.11. The Labute approximate surface area is 184 Å². The number of hydrogen-bond acceptors (Lipinski definition) is 5. The Morgan fingerprint density at radius 2 is 1.90 bits per heavy atom. The molecule has 2 aromatic heterocycles. The van der Waals surface area contributed by atoms with E-state index in [4.69, 9.17) is 0 Å². The summed E-state index contributed by atoms with van der Waals surface area (Å²) in [6.45, 7) is 3.27. The topological polar surface area (TPSA) is 64.8 Å². The maximum atomic E-state index is 13.3. The number of carbonyl (C=O) groups is 1. The highest BCUT2D eigenvalue weighted by Crippen LogP contribution is 2.42. The highest BCUT2D eigenvalue weighted by atomic mass is 16.3. The first-order chi connectivity index (χ1) is 14.9. The van der Waals surface area contributed by atoms with Gasteiger partial charge in [-0.2, -0.15) is 0 Å². The van der Waals surface area contributed by atoms with E-state index in [2.05, 4.69) is 44.4 Å². The van der Waals surface area contributed by atoms with Crippen molar-refractivity contribution in [2.75, 3.05) is 33.7 Å². The molecule has 1 N–H and O–H groups in total. The van der Waals surface area contributed by atoms with E-state index >= 15 is 0 Å². The van der Waals surface area contributed by atoms with E-state index in [-0.39, 0.29) is 18.0 Å². The van der Waals surface area contributed by atoms with Gasteiger partial charge in [-0.05, 0) is 77.8 Å². The first-order valence-electron chi connectivity index (χ1n) is 11.7. The molecule has 2 aromatic rings. The van der Waals surface area contributed by atoms with Gasteiger partial charge < -0.3 is 19.5 Å². The van der Waals surface area contributed by atoms with Crippen LogP contribution in [-0.2, 0) is 11.3 Å². The van der Waals surface area contributed by atoms with Crippen LogP contribution in [0.25, 0.3) is 10.9 Å². The number of pyridine rings is 1. The summed E-state index contributed by atoms with van der Waals surface area (Å²) in [5.41, 5.74) is 0.283. The van der Waals surface area contributed by atoms with E-state index < -0.39 is 5.60 Å². The van der Waals surface area contributed by atoms with Crippen LogP contribution in [0, 0.1) is 0 Å². The number of likely N-dealkylation sites (N-methyl/N-ethyl adjacent to an activating group) is 1. The van der Waals surface area contributed by atoms with E-state index in [0.29, 0.717) is 32.0 Å². The van der Waals surface area contributed by atoms with E-state index in [9.17, 15) is 9.90 Å². The lowest BCUT2D eigenvalue weighted by molar-refractivity contribution is -0.143. The second kappa shape index (κ2) is 8.19. The maximum absolute atomic E-state index is 13.3. The maximum Gasteiger partial charge on any atom is 0.237 e. The molecule has 3 aliphatic rings.